The van der Waals surface area contributed by atoms with Crippen molar-refractivity contribution in [1.82, 2.24) is 4.98 Å². The van der Waals surface area contributed by atoms with Gasteiger partial charge in [-0.15, -0.1) is 0 Å². The highest BCUT2D eigenvalue weighted by Gasteiger charge is 2.11. The van der Waals surface area contributed by atoms with E-state index < -0.39 is 0 Å². The number of esters is 1. The van der Waals surface area contributed by atoms with Crippen LogP contribution in [-0.2, 0) is 4.74 Å². The summed E-state index contributed by atoms with van der Waals surface area (Å²) < 4.78 is 5.55. The van der Waals surface area contributed by atoms with E-state index in [1.54, 1.807) is 19.2 Å². The largest absolute Gasteiger partial charge is 0.462 e. The van der Waals surface area contributed by atoms with Crippen molar-refractivity contribution in [3.8, 4) is 0 Å². The Morgan fingerprint density at radius 1 is 1.69 bits per heavy atom. The van der Waals surface area contributed by atoms with Crippen LogP contribution in [0, 0.1) is 6.92 Å². The molecule has 13 heavy (non-hydrogen) atoms. The second kappa shape index (κ2) is 4.37. The van der Waals surface area contributed by atoms with E-state index in [-0.39, 0.29) is 5.97 Å². The van der Waals surface area contributed by atoms with Crippen LogP contribution < -0.4 is 0 Å². The number of carbonyl (C=O) groups is 1. The van der Waals surface area contributed by atoms with Gasteiger partial charge in [0.1, 0.15) is 4.60 Å². The Morgan fingerprint density at radius 2 is 2.38 bits per heavy atom. The minimum Gasteiger partial charge on any atom is -0.462 e. The number of nitrogens with zero attached hydrogens (tertiary/aromatic N) is 1. The van der Waals surface area contributed by atoms with Gasteiger partial charge in [-0.25, -0.2) is 9.78 Å². The SMILES string of the molecule is CCOC(=O)c1ccnc(Br)c1C. The van der Waals surface area contributed by atoms with Crippen LogP contribution in [-0.4, -0.2) is 17.6 Å². The van der Waals surface area contributed by atoms with E-state index in [1.165, 1.54) is 0 Å². The number of pyridine rings is 1. The quantitative estimate of drug-likeness (QED) is 0.592. The van der Waals surface area contributed by atoms with Crippen molar-refractivity contribution in [3.63, 3.8) is 0 Å². The molecule has 1 heterocycles. The van der Waals surface area contributed by atoms with E-state index >= 15 is 0 Å². The van der Waals surface area contributed by atoms with Crippen LogP contribution in [0.5, 0.6) is 0 Å². The van der Waals surface area contributed by atoms with Gasteiger partial charge in [-0.3, -0.25) is 0 Å². The number of hydrogen-bond donors (Lipinski definition) is 0. The molecular weight excluding hydrogens is 234 g/mol. The first-order valence-electron chi connectivity index (χ1n) is 3.95. The lowest BCUT2D eigenvalue weighted by Crippen LogP contribution is -2.07. The van der Waals surface area contributed by atoms with Gasteiger partial charge in [0.25, 0.3) is 0 Å². The lowest BCUT2D eigenvalue weighted by atomic mass is 10.2. The minimum absolute atomic E-state index is 0.303. The van der Waals surface area contributed by atoms with E-state index in [0.717, 1.165) is 5.56 Å². The Morgan fingerprint density at radius 3 is 3.00 bits per heavy atom. The molecule has 0 bridgehead atoms. The van der Waals surface area contributed by atoms with Gasteiger partial charge in [0, 0.05) is 6.20 Å². The first kappa shape index (κ1) is 10.2. The highest BCUT2D eigenvalue weighted by atomic mass is 79.9. The number of hydrogen-bond acceptors (Lipinski definition) is 3. The number of ether oxygens (including phenoxy) is 1. The van der Waals surface area contributed by atoms with Gasteiger partial charge in [-0.2, -0.15) is 0 Å². The van der Waals surface area contributed by atoms with Crippen LogP contribution in [0.1, 0.15) is 22.8 Å². The summed E-state index contributed by atoms with van der Waals surface area (Å²) in [5, 5.41) is 0. The number of halogens is 1. The zero-order chi connectivity index (χ0) is 9.84. The van der Waals surface area contributed by atoms with Crippen LogP contribution >= 0.6 is 15.9 Å². The van der Waals surface area contributed by atoms with Crippen LogP contribution in [0.25, 0.3) is 0 Å². The van der Waals surface area contributed by atoms with Gasteiger partial charge in [-0.05, 0) is 41.4 Å². The monoisotopic (exact) mass is 243 g/mol. The molecule has 0 aromatic carbocycles. The number of rotatable bonds is 2. The van der Waals surface area contributed by atoms with Crippen molar-refractivity contribution in [2.75, 3.05) is 6.61 Å². The van der Waals surface area contributed by atoms with Gasteiger partial charge in [0.2, 0.25) is 0 Å². The van der Waals surface area contributed by atoms with Gasteiger partial charge in [0.05, 0.1) is 12.2 Å². The molecule has 0 radical (unpaired) electrons. The number of carbonyl (C=O) groups excluding carboxylic acids is 1. The minimum atomic E-state index is -0.303. The van der Waals surface area contributed by atoms with Crippen LogP contribution in [0.15, 0.2) is 16.9 Å². The van der Waals surface area contributed by atoms with Crippen molar-refractivity contribution in [2.24, 2.45) is 0 Å². The molecule has 0 fully saturated rings. The summed E-state index contributed by atoms with van der Waals surface area (Å²) >= 11 is 3.25. The van der Waals surface area contributed by atoms with Crippen molar-refractivity contribution in [3.05, 3.63) is 28.0 Å². The van der Waals surface area contributed by atoms with E-state index in [0.29, 0.717) is 16.8 Å². The predicted octanol–water partition coefficient (Wildman–Crippen LogP) is 2.33. The highest BCUT2D eigenvalue weighted by molar-refractivity contribution is 9.10. The smallest absolute Gasteiger partial charge is 0.338 e. The molecular formula is C9H10BrNO2. The Balaban J connectivity index is 3.01. The van der Waals surface area contributed by atoms with Gasteiger partial charge in [0.15, 0.2) is 0 Å². The molecule has 1 aromatic rings. The molecule has 0 N–H and O–H groups in total. The predicted molar refractivity (Wildman–Crippen MR) is 52.6 cm³/mol. The third-order valence-corrected chi connectivity index (χ3v) is 2.44. The van der Waals surface area contributed by atoms with Crippen LogP contribution in [0.2, 0.25) is 0 Å². The first-order chi connectivity index (χ1) is 6.16. The third kappa shape index (κ3) is 2.28. The molecule has 0 saturated heterocycles. The third-order valence-electron chi connectivity index (χ3n) is 1.64. The molecule has 1 aromatic heterocycles. The number of aromatic nitrogens is 1. The molecule has 70 valence electrons. The van der Waals surface area contributed by atoms with E-state index in [9.17, 15) is 4.79 Å². The molecule has 3 nitrogen and oxygen atoms in total. The lowest BCUT2D eigenvalue weighted by Gasteiger charge is -2.05. The Kier molecular flexibility index (Phi) is 3.42. The Labute approximate surface area is 85.3 Å². The molecule has 0 unspecified atom stereocenters. The fourth-order valence-electron chi connectivity index (χ4n) is 0.940. The van der Waals surface area contributed by atoms with E-state index in [1.807, 2.05) is 6.92 Å². The average Bonchev–Trinajstić information content (AvgIpc) is 2.10. The Bertz CT molecular complexity index is 325. The summed E-state index contributed by atoms with van der Waals surface area (Å²) in [6.07, 6.45) is 1.57. The molecule has 0 amide bonds. The molecule has 1 rings (SSSR count). The van der Waals surface area contributed by atoms with Crippen molar-refractivity contribution < 1.29 is 9.53 Å². The molecule has 0 aliphatic rings. The summed E-state index contributed by atoms with van der Waals surface area (Å²) in [6.45, 7) is 3.99. The zero-order valence-electron chi connectivity index (χ0n) is 7.50. The maximum Gasteiger partial charge on any atom is 0.338 e. The second-order valence-electron chi connectivity index (χ2n) is 2.49. The molecule has 0 atom stereocenters. The van der Waals surface area contributed by atoms with Crippen LogP contribution in [0.3, 0.4) is 0 Å². The molecule has 4 heteroatoms. The maximum absolute atomic E-state index is 11.3. The molecule has 0 spiro atoms. The van der Waals surface area contributed by atoms with Gasteiger partial charge >= 0.3 is 5.97 Å². The fraction of sp³-hybridized carbons (Fsp3) is 0.333. The van der Waals surface area contributed by atoms with Gasteiger partial charge in [-0.1, -0.05) is 0 Å². The summed E-state index contributed by atoms with van der Waals surface area (Å²) in [6, 6.07) is 1.65. The van der Waals surface area contributed by atoms with Crippen LogP contribution in [0.4, 0.5) is 0 Å². The summed E-state index contributed by atoms with van der Waals surface area (Å²) in [7, 11) is 0. The van der Waals surface area contributed by atoms with Crippen molar-refractivity contribution in [2.45, 2.75) is 13.8 Å². The normalized spacial score (nSPS) is 9.77. The van der Waals surface area contributed by atoms with E-state index in [4.69, 9.17) is 4.74 Å². The molecule has 0 aliphatic carbocycles. The van der Waals surface area contributed by atoms with Gasteiger partial charge < -0.3 is 4.74 Å². The summed E-state index contributed by atoms with van der Waals surface area (Å²) in [5.41, 5.74) is 1.37. The fourth-order valence-corrected chi connectivity index (χ4v) is 1.27. The topological polar surface area (TPSA) is 39.2 Å². The maximum atomic E-state index is 11.3. The van der Waals surface area contributed by atoms with E-state index in [2.05, 4.69) is 20.9 Å². The lowest BCUT2D eigenvalue weighted by molar-refractivity contribution is 0.0525. The average molecular weight is 244 g/mol. The molecule has 0 saturated carbocycles. The standard InChI is InChI=1S/C9H10BrNO2/c1-3-13-9(12)7-4-5-11-8(10)6(7)2/h4-5H,3H2,1-2H3. The summed E-state index contributed by atoms with van der Waals surface area (Å²) in [5.74, 6) is -0.303. The summed E-state index contributed by atoms with van der Waals surface area (Å²) in [4.78, 5) is 15.3. The molecule has 0 aliphatic heterocycles. The zero-order valence-corrected chi connectivity index (χ0v) is 9.09. The first-order valence-corrected chi connectivity index (χ1v) is 4.74. The Hall–Kier alpha value is -0.900. The van der Waals surface area contributed by atoms with Crippen molar-refractivity contribution in [1.29, 1.82) is 0 Å². The van der Waals surface area contributed by atoms with Crippen molar-refractivity contribution >= 4 is 21.9 Å². The highest BCUT2D eigenvalue weighted by Crippen LogP contribution is 2.17. The second-order valence-corrected chi connectivity index (χ2v) is 3.25.